The molecule has 0 bridgehead atoms. The zero-order chi connectivity index (χ0) is 9.84. The van der Waals surface area contributed by atoms with E-state index in [1.807, 2.05) is 6.92 Å². The third kappa shape index (κ3) is 2.06. The van der Waals surface area contributed by atoms with Crippen LogP contribution in [-0.4, -0.2) is 28.7 Å². The standard InChI is InChI=1S/C8H13N3O2/c1-6(7(9)8(12)13-2)11-4-3-10-5-11/h3-7H,9H2,1-2H3/t6-,7+/m0/s1. The zero-order valence-corrected chi connectivity index (χ0v) is 7.68. The van der Waals surface area contributed by atoms with Crippen molar-refractivity contribution in [1.82, 2.24) is 9.55 Å². The molecule has 1 aromatic rings. The lowest BCUT2D eigenvalue weighted by atomic mass is 10.1. The zero-order valence-electron chi connectivity index (χ0n) is 7.68. The highest BCUT2D eigenvalue weighted by molar-refractivity contribution is 5.75. The summed E-state index contributed by atoms with van der Waals surface area (Å²) < 4.78 is 6.30. The number of esters is 1. The van der Waals surface area contributed by atoms with Gasteiger partial charge in [-0.25, -0.2) is 4.98 Å². The van der Waals surface area contributed by atoms with Crippen molar-refractivity contribution < 1.29 is 9.53 Å². The van der Waals surface area contributed by atoms with Gasteiger partial charge in [-0.2, -0.15) is 0 Å². The van der Waals surface area contributed by atoms with Crippen molar-refractivity contribution in [1.29, 1.82) is 0 Å². The Labute approximate surface area is 76.5 Å². The average molecular weight is 183 g/mol. The van der Waals surface area contributed by atoms with Crippen LogP contribution in [0.1, 0.15) is 13.0 Å². The van der Waals surface area contributed by atoms with E-state index in [-0.39, 0.29) is 6.04 Å². The molecule has 1 heterocycles. The van der Waals surface area contributed by atoms with Crippen LogP contribution < -0.4 is 5.73 Å². The van der Waals surface area contributed by atoms with Gasteiger partial charge in [0.25, 0.3) is 0 Å². The molecule has 0 aliphatic rings. The van der Waals surface area contributed by atoms with Crippen LogP contribution in [0.15, 0.2) is 18.7 Å². The highest BCUT2D eigenvalue weighted by Gasteiger charge is 2.22. The van der Waals surface area contributed by atoms with Crippen LogP contribution in [0.5, 0.6) is 0 Å². The summed E-state index contributed by atoms with van der Waals surface area (Å²) in [5, 5.41) is 0. The molecule has 0 amide bonds. The normalized spacial score (nSPS) is 15.0. The van der Waals surface area contributed by atoms with E-state index in [0.29, 0.717) is 0 Å². The monoisotopic (exact) mass is 183 g/mol. The van der Waals surface area contributed by atoms with Crippen LogP contribution in [0, 0.1) is 0 Å². The summed E-state index contributed by atoms with van der Waals surface area (Å²) >= 11 is 0. The summed E-state index contributed by atoms with van der Waals surface area (Å²) in [7, 11) is 1.32. The van der Waals surface area contributed by atoms with E-state index in [2.05, 4.69) is 9.72 Å². The van der Waals surface area contributed by atoms with Crippen LogP contribution in [0.4, 0.5) is 0 Å². The van der Waals surface area contributed by atoms with Gasteiger partial charge in [-0.1, -0.05) is 0 Å². The maximum Gasteiger partial charge on any atom is 0.324 e. The van der Waals surface area contributed by atoms with Gasteiger partial charge in [0.2, 0.25) is 0 Å². The predicted molar refractivity (Wildman–Crippen MR) is 46.9 cm³/mol. The van der Waals surface area contributed by atoms with Crippen molar-refractivity contribution in [3.63, 3.8) is 0 Å². The Hall–Kier alpha value is -1.36. The first-order valence-corrected chi connectivity index (χ1v) is 3.97. The SMILES string of the molecule is COC(=O)[C@H](N)[C@H](C)n1ccnc1. The largest absolute Gasteiger partial charge is 0.468 e. The van der Waals surface area contributed by atoms with Gasteiger partial charge < -0.3 is 15.0 Å². The molecule has 0 saturated heterocycles. The van der Waals surface area contributed by atoms with Crippen LogP contribution in [0.3, 0.4) is 0 Å². The topological polar surface area (TPSA) is 70.1 Å². The molecule has 0 aliphatic heterocycles. The highest BCUT2D eigenvalue weighted by Crippen LogP contribution is 2.09. The molecular formula is C8H13N3O2. The van der Waals surface area contributed by atoms with E-state index in [4.69, 9.17) is 5.73 Å². The maximum atomic E-state index is 11.1. The van der Waals surface area contributed by atoms with Crippen LogP contribution >= 0.6 is 0 Å². The Balaban J connectivity index is 2.68. The molecule has 5 heteroatoms. The minimum absolute atomic E-state index is 0.144. The third-order valence-corrected chi connectivity index (χ3v) is 1.99. The molecule has 0 radical (unpaired) electrons. The fourth-order valence-corrected chi connectivity index (χ4v) is 1.03. The molecule has 0 unspecified atom stereocenters. The van der Waals surface area contributed by atoms with Crippen molar-refractivity contribution >= 4 is 5.97 Å². The fraction of sp³-hybridized carbons (Fsp3) is 0.500. The predicted octanol–water partition coefficient (Wildman–Crippen LogP) is -0.0556. The van der Waals surface area contributed by atoms with Gasteiger partial charge in [-0.05, 0) is 6.92 Å². The van der Waals surface area contributed by atoms with Crippen LogP contribution in [0.25, 0.3) is 0 Å². The van der Waals surface area contributed by atoms with Gasteiger partial charge in [-0.3, -0.25) is 4.79 Å². The molecule has 0 aliphatic carbocycles. The quantitative estimate of drug-likeness (QED) is 0.667. The molecule has 5 nitrogen and oxygen atoms in total. The number of imidazole rings is 1. The molecule has 0 saturated carbocycles. The van der Waals surface area contributed by atoms with E-state index >= 15 is 0 Å². The second-order valence-electron chi connectivity index (χ2n) is 2.80. The Morgan fingerprint density at radius 3 is 2.85 bits per heavy atom. The van der Waals surface area contributed by atoms with Crippen LogP contribution in [-0.2, 0) is 9.53 Å². The Kier molecular flexibility index (Phi) is 3.02. The van der Waals surface area contributed by atoms with E-state index in [1.165, 1.54) is 7.11 Å². The minimum Gasteiger partial charge on any atom is -0.468 e. The second-order valence-corrected chi connectivity index (χ2v) is 2.80. The van der Waals surface area contributed by atoms with Crippen molar-refractivity contribution in [3.8, 4) is 0 Å². The first kappa shape index (κ1) is 9.73. The Bertz CT molecular complexity index is 271. The number of hydrogen-bond acceptors (Lipinski definition) is 4. The number of hydrogen-bond donors (Lipinski definition) is 1. The number of methoxy groups -OCH3 is 1. The minimum atomic E-state index is -0.654. The first-order valence-electron chi connectivity index (χ1n) is 3.97. The molecule has 2 N–H and O–H groups in total. The highest BCUT2D eigenvalue weighted by atomic mass is 16.5. The Morgan fingerprint density at radius 1 is 1.69 bits per heavy atom. The van der Waals surface area contributed by atoms with Gasteiger partial charge in [0.05, 0.1) is 19.5 Å². The smallest absolute Gasteiger partial charge is 0.324 e. The average Bonchev–Trinajstić information content (AvgIpc) is 2.67. The maximum absolute atomic E-state index is 11.1. The molecule has 1 aromatic heterocycles. The molecule has 72 valence electrons. The summed E-state index contributed by atoms with van der Waals surface area (Å²) in [6, 6.07) is -0.797. The summed E-state index contributed by atoms with van der Waals surface area (Å²) in [6.07, 6.45) is 5.02. The van der Waals surface area contributed by atoms with Crippen LogP contribution in [0.2, 0.25) is 0 Å². The first-order chi connectivity index (χ1) is 6.16. The summed E-state index contributed by atoms with van der Waals surface area (Å²) in [5.41, 5.74) is 5.64. The van der Waals surface area contributed by atoms with Gasteiger partial charge in [0.15, 0.2) is 0 Å². The molecule has 0 spiro atoms. The van der Waals surface area contributed by atoms with Crippen molar-refractivity contribution in [2.24, 2.45) is 5.73 Å². The number of nitrogens with two attached hydrogens (primary N) is 1. The van der Waals surface area contributed by atoms with E-state index in [9.17, 15) is 4.79 Å². The lowest BCUT2D eigenvalue weighted by Gasteiger charge is -2.18. The van der Waals surface area contributed by atoms with E-state index < -0.39 is 12.0 Å². The molecule has 13 heavy (non-hydrogen) atoms. The van der Waals surface area contributed by atoms with Gasteiger partial charge >= 0.3 is 5.97 Å². The summed E-state index contributed by atoms with van der Waals surface area (Å²) in [6.45, 7) is 1.84. The second kappa shape index (κ2) is 4.04. The number of carbonyl (C=O) groups excluding carboxylic acids is 1. The summed E-state index contributed by atoms with van der Waals surface area (Å²) in [4.78, 5) is 14.9. The van der Waals surface area contributed by atoms with Gasteiger partial charge in [-0.15, -0.1) is 0 Å². The van der Waals surface area contributed by atoms with Crippen molar-refractivity contribution in [2.75, 3.05) is 7.11 Å². The number of carbonyl (C=O) groups is 1. The molecular weight excluding hydrogens is 170 g/mol. The van der Waals surface area contributed by atoms with Gasteiger partial charge in [0, 0.05) is 12.4 Å². The van der Waals surface area contributed by atoms with E-state index in [0.717, 1.165) is 0 Å². The van der Waals surface area contributed by atoms with Gasteiger partial charge in [0.1, 0.15) is 6.04 Å². The number of rotatable bonds is 3. The Morgan fingerprint density at radius 2 is 2.38 bits per heavy atom. The number of nitrogens with zero attached hydrogens (tertiary/aromatic N) is 2. The molecule has 2 atom stereocenters. The lowest BCUT2D eigenvalue weighted by Crippen LogP contribution is -2.38. The number of ether oxygens (including phenoxy) is 1. The van der Waals surface area contributed by atoms with E-state index in [1.54, 1.807) is 23.3 Å². The van der Waals surface area contributed by atoms with Crippen molar-refractivity contribution in [3.05, 3.63) is 18.7 Å². The third-order valence-electron chi connectivity index (χ3n) is 1.99. The molecule has 1 rings (SSSR count). The fourth-order valence-electron chi connectivity index (χ4n) is 1.03. The lowest BCUT2D eigenvalue weighted by molar-refractivity contribution is -0.143. The number of aromatic nitrogens is 2. The molecule has 0 aromatic carbocycles. The van der Waals surface area contributed by atoms with Crippen molar-refractivity contribution in [2.45, 2.75) is 19.0 Å². The summed E-state index contributed by atoms with van der Waals surface area (Å²) in [5.74, 6) is -0.416. The molecule has 0 fully saturated rings.